The minimum absolute atomic E-state index is 0.207. The van der Waals surface area contributed by atoms with Gasteiger partial charge in [-0.25, -0.2) is 0 Å². The lowest BCUT2D eigenvalue weighted by Crippen LogP contribution is -2.07. The highest BCUT2D eigenvalue weighted by Gasteiger charge is 2.02. The highest BCUT2D eigenvalue weighted by Crippen LogP contribution is 1.94. The van der Waals surface area contributed by atoms with Crippen LogP contribution in [-0.2, 0) is 19.1 Å². The summed E-state index contributed by atoms with van der Waals surface area (Å²) < 4.78 is 9.17. The van der Waals surface area contributed by atoms with Gasteiger partial charge in [0.2, 0.25) is 0 Å². The van der Waals surface area contributed by atoms with Gasteiger partial charge in [0.25, 0.3) is 0 Å². The average molecular weight is 186 g/mol. The Balaban J connectivity index is 3.30. The number of ether oxygens (including phenoxy) is 2. The van der Waals surface area contributed by atoms with Crippen molar-refractivity contribution in [1.82, 2.24) is 0 Å². The summed E-state index contributed by atoms with van der Waals surface area (Å²) in [5, 5.41) is 0. The van der Waals surface area contributed by atoms with Gasteiger partial charge in [-0.1, -0.05) is 6.08 Å². The SMILES string of the molecule is C=CCC(=O)OCCCC(=O)OC. The maximum atomic E-state index is 10.7. The minimum atomic E-state index is -0.320. The second-order valence-corrected chi connectivity index (χ2v) is 2.39. The van der Waals surface area contributed by atoms with E-state index in [1.54, 1.807) is 0 Å². The van der Waals surface area contributed by atoms with Crippen molar-refractivity contribution in [2.75, 3.05) is 13.7 Å². The molecular weight excluding hydrogens is 172 g/mol. The number of hydrogen-bond donors (Lipinski definition) is 0. The summed E-state index contributed by atoms with van der Waals surface area (Å²) in [6, 6.07) is 0. The highest BCUT2D eigenvalue weighted by molar-refractivity contribution is 5.71. The van der Waals surface area contributed by atoms with Crippen LogP contribution in [0.2, 0.25) is 0 Å². The Kier molecular flexibility index (Phi) is 6.59. The molecule has 0 radical (unpaired) electrons. The molecule has 0 spiro atoms. The van der Waals surface area contributed by atoms with E-state index in [-0.39, 0.29) is 31.4 Å². The van der Waals surface area contributed by atoms with E-state index in [1.807, 2.05) is 0 Å². The predicted octanol–water partition coefficient (Wildman–Crippen LogP) is 1.06. The molecule has 0 N–H and O–H groups in total. The van der Waals surface area contributed by atoms with Gasteiger partial charge in [-0.15, -0.1) is 6.58 Å². The van der Waals surface area contributed by atoms with Gasteiger partial charge >= 0.3 is 11.9 Å². The fourth-order valence-electron chi connectivity index (χ4n) is 0.681. The first-order valence-corrected chi connectivity index (χ1v) is 4.04. The molecule has 0 rings (SSSR count). The van der Waals surface area contributed by atoms with Gasteiger partial charge in [-0.05, 0) is 6.42 Å². The van der Waals surface area contributed by atoms with Crippen LogP contribution in [0.25, 0.3) is 0 Å². The number of carbonyl (C=O) groups is 2. The molecule has 0 heterocycles. The van der Waals surface area contributed by atoms with E-state index in [0.29, 0.717) is 6.42 Å². The molecule has 0 aliphatic carbocycles. The molecule has 0 aromatic heterocycles. The molecule has 0 aromatic carbocycles. The van der Waals surface area contributed by atoms with Crippen molar-refractivity contribution in [3.63, 3.8) is 0 Å². The fourth-order valence-corrected chi connectivity index (χ4v) is 0.681. The van der Waals surface area contributed by atoms with Gasteiger partial charge in [0, 0.05) is 6.42 Å². The van der Waals surface area contributed by atoms with Gasteiger partial charge in [0.1, 0.15) is 0 Å². The molecule has 0 saturated heterocycles. The van der Waals surface area contributed by atoms with Crippen LogP contribution in [0.4, 0.5) is 0 Å². The summed E-state index contributed by atoms with van der Waals surface area (Å²) in [6.07, 6.45) is 2.45. The Morgan fingerprint density at radius 2 is 2.08 bits per heavy atom. The van der Waals surface area contributed by atoms with Crippen LogP contribution < -0.4 is 0 Å². The lowest BCUT2D eigenvalue weighted by molar-refractivity contribution is -0.145. The molecule has 0 unspecified atom stereocenters. The lowest BCUT2D eigenvalue weighted by atomic mass is 10.3. The van der Waals surface area contributed by atoms with Crippen molar-refractivity contribution >= 4 is 11.9 Å². The first kappa shape index (κ1) is 11.7. The number of methoxy groups -OCH3 is 1. The van der Waals surface area contributed by atoms with Crippen molar-refractivity contribution < 1.29 is 19.1 Å². The van der Waals surface area contributed by atoms with Crippen LogP contribution in [-0.4, -0.2) is 25.7 Å². The monoisotopic (exact) mass is 186 g/mol. The van der Waals surface area contributed by atoms with E-state index in [9.17, 15) is 9.59 Å². The Hall–Kier alpha value is -1.32. The van der Waals surface area contributed by atoms with Gasteiger partial charge in [0.15, 0.2) is 0 Å². The summed E-state index contributed by atoms with van der Waals surface area (Å²) in [7, 11) is 1.33. The summed E-state index contributed by atoms with van der Waals surface area (Å²) in [5.41, 5.74) is 0. The second-order valence-electron chi connectivity index (χ2n) is 2.39. The van der Waals surface area contributed by atoms with Crippen LogP contribution in [0.1, 0.15) is 19.3 Å². The van der Waals surface area contributed by atoms with Crippen LogP contribution in [0, 0.1) is 0 Å². The van der Waals surface area contributed by atoms with Gasteiger partial charge < -0.3 is 9.47 Å². The Bertz CT molecular complexity index is 186. The molecule has 0 bridgehead atoms. The topological polar surface area (TPSA) is 52.6 Å². The van der Waals surface area contributed by atoms with Crippen molar-refractivity contribution in [3.05, 3.63) is 12.7 Å². The van der Waals surface area contributed by atoms with Crippen molar-refractivity contribution in [2.24, 2.45) is 0 Å². The van der Waals surface area contributed by atoms with E-state index < -0.39 is 0 Å². The van der Waals surface area contributed by atoms with Crippen molar-refractivity contribution in [1.29, 1.82) is 0 Å². The predicted molar refractivity (Wildman–Crippen MR) is 47.0 cm³/mol. The third-order valence-corrected chi connectivity index (χ3v) is 1.33. The second kappa shape index (κ2) is 7.34. The van der Waals surface area contributed by atoms with Gasteiger partial charge in [-0.2, -0.15) is 0 Å². The Labute approximate surface area is 77.5 Å². The molecule has 4 heteroatoms. The van der Waals surface area contributed by atoms with Crippen molar-refractivity contribution in [2.45, 2.75) is 19.3 Å². The molecule has 4 nitrogen and oxygen atoms in total. The first-order valence-electron chi connectivity index (χ1n) is 4.04. The molecule has 74 valence electrons. The fraction of sp³-hybridized carbons (Fsp3) is 0.556. The standard InChI is InChI=1S/C9H14O4/c1-3-5-9(11)13-7-4-6-8(10)12-2/h3H,1,4-7H2,2H3. The maximum absolute atomic E-state index is 10.7. The van der Waals surface area contributed by atoms with E-state index in [4.69, 9.17) is 4.74 Å². The van der Waals surface area contributed by atoms with Crippen LogP contribution in [0.5, 0.6) is 0 Å². The molecule has 13 heavy (non-hydrogen) atoms. The lowest BCUT2D eigenvalue weighted by Gasteiger charge is -2.01. The molecule has 0 fully saturated rings. The summed E-state index contributed by atoms with van der Waals surface area (Å²) in [5.74, 6) is -0.611. The quantitative estimate of drug-likeness (QED) is 0.353. The van der Waals surface area contributed by atoms with E-state index in [2.05, 4.69) is 11.3 Å². The summed E-state index contributed by atoms with van der Waals surface area (Å²) >= 11 is 0. The number of hydrogen-bond acceptors (Lipinski definition) is 4. The zero-order valence-corrected chi connectivity index (χ0v) is 7.75. The Morgan fingerprint density at radius 3 is 2.62 bits per heavy atom. The molecule has 0 aliphatic heterocycles. The minimum Gasteiger partial charge on any atom is -0.469 e. The molecule has 0 aromatic rings. The van der Waals surface area contributed by atoms with Crippen LogP contribution >= 0.6 is 0 Å². The van der Waals surface area contributed by atoms with E-state index in [1.165, 1.54) is 13.2 Å². The molecular formula is C9H14O4. The third-order valence-electron chi connectivity index (χ3n) is 1.33. The number of esters is 2. The van der Waals surface area contributed by atoms with Crippen molar-refractivity contribution in [3.8, 4) is 0 Å². The smallest absolute Gasteiger partial charge is 0.309 e. The summed E-state index contributed by atoms with van der Waals surface area (Å²) in [6.45, 7) is 3.65. The molecule has 0 aliphatic rings. The maximum Gasteiger partial charge on any atom is 0.309 e. The number of carbonyl (C=O) groups excluding carboxylic acids is 2. The van der Waals surface area contributed by atoms with Gasteiger partial charge in [-0.3, -0.25) is 9.59 Å². The van der Waals surface area contributed by atoms with Gasteiger partial charge in [0.05, 0.1) is 20.1 Å². The zero-order valence-electron chi connectivity index (χ0n) is 7.75. The summed E-state index contributed by atoms with van der Waals surface area (Å²) in [4.78, 5) is 21.4. The molecule has 0 saturated carbocycles. The van der Waals surface area contributed by atoms with E-state index >= 15 is 0 Å². The van der Waals surface area contributed by atoms with Crippen LogP contribution in [0.15, 0.2) is 12.7 Å². The average Bonchev–Trinajstić information content (AvgIpc) is 2.12. The number of rotatable bonds is 6. The normalized spacial score (nSPS) is 9.00. The zero-order chi connectivity index (χ0) is 10.1. The largest absolute Gasteiger partial charge is 0.469 e. The highest BCUT2D eigenvalue weighted by atomic mass is 16.5. The first-order chi connectivity index (χ1) is 6.20. The van der Waals surface area contributed by atoms with E-state index in [0.717, 1.165) is 0 Å². The van der Waals surface area contributed by atoms with Crippen LogP contribution in [0.3, 0.4) is 0 Å². The molecule has 0 atom stereocenters. The molecule has 0 amide bonds. The Morgan fingerprint density at radius 1 is 1.38 bits per heavy atom. The third kappa shape index (κ3) is 7.05.